The summed E-state index contributed by atoms with van der Waals surface area (Å²) in [6, 6.07) is 15.0. The standard InChI is InChI=1S/C21H21FN2O/c22-17-6-7-18-19(14-23-20(18)13-17)21(25)24-10-8-16(9-11-24)12-15-4-2-1-3-5-15/h1-7,13-14,16,23H,8-12H2. The van der Waals surface area contributed by atoms with E-state index >= 15 is 0 Å². The van der Waals surface area contributed by atoms with E-state index < -0.39 is 0 Å². The number of rotatable bonds is 3. The van der Waals surface area contributed by atoms with Crippen LogP contribution in [0.25, 0.3) is 10.9 Å². The number of H-pyrrole nitrogens is 1. The van der Waals surface area contributed by atoms with Gasteiger partial charge in [-0.15, -0.1) is 0 Å². The van der Waals surface area contributed by atoms with Gasteiger partial charge in [0.2, 0.25) is 0 Å². The highest BCUT2D eigenvalue weighted by Gasteiger charge is 2.25. The molecule has 1 aromatic heterocycles. The van der Waals surface area contributed by atoms with Gasteiger partial charge in [-0.1, -0.05) is 30.3 Å². The topological polar surface area (TPSA) is 36.1 Å². The summed E-state index contributed by atoms with van der Waals surface area (Å²) in [5.74, 6) is 0.370. The Morgan fingerprint density at radius 1 is 1.12 bits per heavy atom. The van der Waals surface area contributed by atoms with Crippen molar-refractivity contribution in [2.24, 2.45) is 5.92 Å². The van der Waals surface area contributed by atoms with E-state index in [1.807, 2.05) is 11.0 Å². The maximum absolute atomic E-state index is 13.3. The molecular weight excluding hydrogens is 315 g/mol. The molecule has 0 bridgehead atoms. The van der Waals surface area contributed by atoms with Crippen molar-refractivity contribution in [1.82, 2.24) is 9.88 Å². The Morgan fingerprint density at radius 2 is 1.88 bits per heavy atom. The summed E-state index contributed by atoms with van der Waals surface area (Å²) in [4.78, 5) is 17.8. The van der Waals surface area contributed by atoms with E-state index in [2.05, 4.69) is 29.2 Å². The van der Waals surface area contributed by atoms with Crippen molar-refractivity contribution in [1.29, 1.82) is 0 Å². The van der Waals surface area contributed by atoms with Crippen LogP contribution in [0.1, 0.15) is 28.8 Å². The molecule has 3 nitrogen and oxygen atoms in total. The predicted octanol–water partition coefficient (Wildman–Crippen LogP) is 4.40. The first kappa shape index (κ1) is 15.9. The lowest BCUT2D eigenvalue weighted by Gasteiger charge is -2.32. The highest BCUT2D eigenvalue weighted by Crippen LogP contribution is 2.25. The van der Waals surface area contributed by atoms with Crippen LogP contribution < -0.4 is 0 Å². The molecule has 3 aromatic rings. The summed E-state index contributed by atoms with van der Waals surface area (Å²) in [7, 11) is 0. The lowest BCUT2D eigenvalue weighted by atomic mass is 9.90. The average molecular weight is 336 g/mol. The number of nitrogens with zero attached hydrogens (tertiary/aromatic N) is 1. The number of aromatic nitrogens is 1. The van der Waals surface area contributed by atoms with Crippen LogP contribution in [0.15, 0.2) is 54.7 Å². The molecule has 1 amide bonds. The predicted molar refractivity (Wildman–Crippen MR) is 97.0 cm³/mol. The van der Waals surface area contributed by atoms with Crippen LogP contribution in [-0.4, -0.2) is 28.9 Å². The van der Waals surface area contributed by atoms with Gasteiger partial charge in [0.15, 0.2) is 0 Å². The summed E-state index contributed by atoms with van der Waals surface area (Å²) < 4.78 is 13.3. The third kappa shape index (κ3) is 3.29. The molecule has 4 rings (SSSR count). The third-order valence-electron chi connectivity index (χ3n) is 5.14. The smallest absolute Gasteiger partial charge is 0.256 e. The molecule has 0 atom stereocenters. The van der Waals surface area contributed by atoms with E-state index in [1.54, 1.807) is 12.3 Å². The molecule has 1 fully saturated rings. The van der Waals surface area contributed by atoms with Crippen molar-refractivity contribution in [3.63, 3.8) is 0 Å². The van der Waals surface area contributed by atoms with Gasteiger partial charge in [0.05, 0.1) is 5.56 Å². The molecular formula is C21H21FN2O. The molecule has 1 N–H and O–H groups in total. The number of benzene rings is 2. The van der Waals surface area contributed by atoms with Gasteiger partial charge in [-0.3, -0.25) is 4.79 Å². The highest BCUT2D eigenvalue weighted by atomic mass is 19.1. The van der Waals surface area contributed by atoms with Crippen LogP contribution in [0.3, 0.4) is 0 Å². The van der Waals surface area contributed by atoms with Crippen molar-refractivity contribution in [3.05, 3.63) is 71.7 Å². The molecule has 0 spiro atoms. The van der Waals surface area contributed by atoms with Crippen molar-refractivity contribution < 1.29 is 9.18 Å². The minimum absolute atomic E-state index is 0.0380. The summed E-state index contributed by atoms with van der Waals surface area (Å²) in [5.41, 5.74) is 2.67. The zero-order chi connectivity index (χ0) is 17.2. The monoisotopic (exact) mass is 336 g/mol. The van der Waals surface area contributed by atoms with Gasteiger partial charge in [-0.2, -0.15) is 0 Å². The number of halogens is 1. The fourth-order valence-corrected chi connectivity index (χ4v) is 3.73. The van der Waals surface area contributed by atoms with Crippen molar-refractivity contribution in [3.8, 4) is 0 Å². The first-order chi connectivity index (χ1) is 12.2. The molecule has 4 heteroatoms. The average Bonchev–Trinajstić information content (AvgIpc) is 3.05. The maximum atomic E-state index is 13.3. The van der Waals surface area contributed by atoms with Crippen molar-refractivity contribution in [2.45, 2.75) is 19.3 Å². The normalized spacial score (nSPS) is 15.6. The molecule has 0 radical (unpaired) electrons. The first-order valence-electron chi connectivity index (χ1n) is 8.80. The lowest BCUT2D eigenvalue weighted by Crippen LogP contribution is -2.38. The molecule has 2 heterocycles. The largest absolute Gasteiger partial charge is 0.360 e. The summed E-state index contributed by atoms with van der Waals surface area (Å²) >= 11 is 0. The van der Waals surface area contributed by atoms with E-state index in [9.17, 15) is 9.18 Å². The molecule has 1 aliphatic rings. The molecule has 0 unspecified atom stereocenters. The summed E-state index contributed by atoms with van der Waals surface area (Å²) in [6.45, 7) is 1.56. The lowest BCUT2D eigenvalue weighted by molar-refractivity contribution is 0.0692. The first-order valence-corrected chi connectivity index (χ1v) is 8.80. The number of hydrogen-bond donors (Lipinski definition) is 1. The number of hydrogen-bond acceptors (Lipinski definition) is 1. The molecule has 0 saturated carbocycles. The van der Waals surface area contributed by atoms with Gasteiger partial charge >= 0.3 is 0 Å². The molecule has 2 aromatic carbocycles. The van der Waals surface area contributed by atoms with Gasteiger partial charge in [-0.25, -0.2) is 4.39 Å². The van der Waals surface area contributed by atoms with Crippen LogP contribution in [0.2, 0.25) is 0 Å². The number of likely N-dealkylation sites (tertiary alicyclic amines) is 1. The molecule has 128 valence electrons. The van der Waals surface area contributed by atoms with Crippen LogP contribution in [0, 0.1) is 11.7 Å². The van der Waals surface area contributed by atoms with E-state index in [4.69, 9.17) is 0 Å². The van der Waals surface area contributed by atoms with Crippen molar-refractivity contribution in [2.75, 3.05) is 13.1 Å². The second-order valence-electron chi connectivity index (χ2n) is 6.82. The van der Waals surface area contributed by atoms with Crippen molar-refractivity contribution >= 4 is 16.8 Å². The van der Waals surface area contributed by atoms with Gasteiger partial charge in [0, 0.05) is 30.2 Å². The quantitative estimate of drug-likeness (QED) is 0.756. The minimum atomic E-state index is -0.296. The number of fused-ring (bicyclic) bond motifs is 1. The molecule has 1 aliphatic heterocycles. The molecule has 1 saturated heterocycles. The number of aromatic amines is 1. The fourth-order valence-electron chi connectivity index (χ4n) is 3.73. The number of carbonyl (C=O) groups is 1. The summed E-state index contributed by atoms with van der Waals surface area (Å²) in [6.07, 6.45) is 4.83. The van der Waals surface area contributed by atoms with Gasteiger partial charge < -0.3 is 9.88 Å². The number of nitrogens with one attached hydrogen (secondary N) is 1. The SMILES string of the molecule is O=C(c1c[nH]c2cc(F)ccc12)N1CCC(Cc2ccccc2)CC1. The number of amides is 1. The number of carbonyl (C=O) groups excluding carboxylic acids is 1. The Kier molecular flexibility index (Phi) is 4.26. The van der Waals surface area contributed by atoms with Crippen LogP contribution in [-0.2, 0) is 6.42 Å². The fraction of sp³-hybridized carbons (Fsp3) is 0.286. The molecule has 25 heavy (non-hydrogen) atoms. The Hall–Kier alpha value is -2.62. The van der Waals surface area contributed by atoms with Gasteiger partial charge in [0.25, 0.3) is 5.91 Å². The van der Waals surface area contributed by atoms with Gasteiger partial charge in [0.1, 0.15) is 5.82 Å². The zero-order valence-corrected chi connectivity index (χ0v) is 14.0. The van der Waals surface area contributed by atoms with Crippen LogP contribution >= 0.6 is 0 Å². The van der Waals surface area contributed by atoms with E-state index in [-0.39, 0.29) is 11.7 Å². The second kappa shape index (κ2) is 6.71. The summed E-state index contributed by atoms with van der Waals surface area (Å²) in [5, 5.41) is 0.790. The molecule has 0 aliphatic carbocycles. The van der Waals surface area contributed by atoms with Gasteiger partial charge in [-0.05, 0) is 48.9 Å². The van der Waals surface area contributed by atoms with Crippen LogP contribution in [0.5, 0.6) is 0 Å². The van der Waals surface area contributed by atoms with E-state index in [0.717, 1.165) is 37.7 Å². The van der Waals surface area contributed by atoms with E-state index in [0.29, 0.717) is 17.0 Å². The van der Waals surface area contributed by atoms with Crippen LogP contribution in [0.4, 0.5) is 4.39 Å². The second-order valence-corrected chi connectivity index (χ2v) is 6.82. The Morgan fingerprint density at radius 3 is 2.64 bits per heavy atom. The number of piperidine rings is 1. The Labute approximate surface area is 146 Å². The maximum Gasteiger partial charge on any atom is 0.256 e. The van der Waals surface area contributed by atoms with E-state index in [1.165, 1.54) is 17.7 Å². The highest BCUT2D eigenvalue weighted by molar-refractivity contribution is 6.06. The zero-order valence-electron chi connectivity index (χ0n) is 14.0. The third-order valence-corrected chi connectivity index (χ3v) is 5.14. The Bertz CT molecular complexity index is 879. The Balaban J connectivity index is 1.42. The minimum Gasteiger partial charge on any atom is -0.360 e.